The first kappa shape index (κ1) is 20.8. The first-order valence-electron chi connectivity index (χ1n) is 10.1. The highest BCUT2D eigenvalue weighted by Crippen LogP contribution is 2.19. The summed E-state index contributed by atoms with van der Waals surface area (Å²) in [5.41, 5.74) is 1.61. The minimum absolute atomic E-state index is 0.00368. The molecule has 2 amide bonds. The highest BCUT2D eigenvalue weighted by atomic mass is 19.1. The van der Waals surface area contributed by atoms with Crippen LogP contribution in [0.15, 0.2) is 54.6 Å². The number of nitrogens with zero attached hydrogens (tertiary/aromatic N) is 2. The lowest BCUT2D eigenvalue weighted by Crippen LogP contribution is -2.45. The summed E-state index contributed by atoms with van der Waals surface area (Å²) in [5, 5.41) is 3.01. The molecule has 1 atom stereocenters. The van der Waals surface area contributed by atoms with E-state index in [-0.39, 0.29) is 23.5 Å². The molecule has 1 saturated heterocycles. The van der Waals surface area contributed by atoms with Gasteiger partial charge in [-0.3, -0.25) is 9.59 Å². The Morgan fingerprint density at radius 2 is 1.86 bits per heavy atom. The molecule has 1 aliphatic rings. The first-order chi connectivity index (χ1) is 14.0. The molecule has 0 saturated carbocycles. The molecule has 2 aromatic rings. The van der Waals surface area contributed by atoms with E-state index in [0.717, 1.165) is 31.5 Å². The van der Waals surface area contributed by atoms with Gasteiger partial charge in [-0.15, -0.1) is 0 Å². The van der Waals surface area contributed by atoms with Gasteiger partial charge in [0, 0.05) is 44.5 Å². The maximum atomic E-state index is 13.1. The van der Waals surface area contributed by atoms with Crippen LogP contribution >= 0.6 is 0 Å². The van der Waals surface area contributed by atoms with Gasteiger partial charge in [0.25, 0.3) is 5.91 Å². The number of hydrogen-bond acceptors (Lipinski definition) is 3. The summed E-state index contributed by atoms with van der Waals surface area (Å²) in [6.45, 7) is 2.50. The lowest BCUT2D eigenvalue weighted by Gasteiger charge is -2.32. The van der Waals surface area contributed by atoms with Crippen LogP contribution in [0.5, 0.6) is 0 Å². The van der Waals surface area contributed by atoms with Crippen molar-refractivity contribution in [1.29, 1.82) is 0 Å². The van der Waals surface area contributed by atoms with E-state index in [2.05, 4.69) is 22.3 Å². The molecule has 0 radical (unpaired) electrons. The van der Waals surface area contributed by atoms with Gasteiger partial charge >= 0.3 is 0 Å². The number of rotatable bonds is 7. The van der Waals surface area contributed by atoms with E-state index in [1.165, 1.54) is 24.3 Å². The normalized spacial score (nSPS) is 16.3. The molecule has 1 heterocycles. The van der Waals surface area contributed by atoms with Crippen molar-refractivity contribution in [2.24, 2.45) is 5.92 Å². The van der Waals surface area contributed by atoms with Gasteiger partial charge in [-0.05, 0) is 55.7 Å². The van der Waals surface area contributed by atoms with Crippen molar-refractivity contribution in [3.8, 4) is 0 Å². The average Bonchev–Trinajstić information content (AvgIpc) is 2.77. The summed E-state index contributed by atoms with van der Waals surface area (Å²) < 4.78 is 13.1. The van der Waals surface area contributed by atoms with Crippen molar-refractivity contribution in [2.45, 2.75) is 19.3 Å². The van der Waals surface area contributed by atoms with Crippen LogP contribution in [-0.4, -0.2) is 49.9 Å². The quantitative estimate of drug-likeness (QED) is 0.730. The molecule has 0 aromatic heterocycles. The fourth-order valence-corrected chi connectivity index (χ4v) is 3.63. The van der Waals surface area contributed by atoms with Gasteiger partial charge in [0.1, 0.15) is 5.82 Å². The van der Waals surface area contributed by atoms with Crippen LogP contribution in [-0.2, 0) is 4.79 Å². The van der Waals surface area contributed by atoms with Gasteiger partial charge in [0.05, 0.1) is 5.92 Å². The van der Waals surface area contributed by atoms with E-state index in [4.69, 9.17) is 0 Å². The molecule has 1 N–H and O–H groups in total. The molecular weight excluding hydrogens is 369 g/mol. The van der Waals surface area contributed by atoms with E-state index in [1.54, 1.807) is 4.90 Å². The SMILES string of the molecule is CN(CCCNC(=O)C1CCCN(C(=O)c2ccc(F)cc2)C1)c1ccccc1. The summed E-state index contributed by atoms with van der Waals surface area (Å²) in [4.78, 5) is 29.0. The largest absolute Gasteiger partial charge is 0.375 e. The summed E-state index contributed by atoms with van der Waals surface area (Å²) in [6, 6.07) is 15.7. The second kappa shape index (κ2) is 10.0. The number of carbonyl (C=O) groups excluding carboxylic acids is 2. The number of likely N-dealkylation sites (tertiary alicyclic amines) is 1. The molecule has 154 valence electrons. The van der Waals surface area contributed by atoms with Gasteiger partial charge in [-0.2, -0.15) is 0 Å². The van der Waals surface area contributed by atoms with Crippen LogP contribution in [0.4, 0.5) is 10.1 Å². The third kappa shape index (κ3) is 5.79. The topological polar surface area (TPSA) is 52.7 Å². The second-order valence-electron chi connectivity index (χ2n) is 7.50. The molecule has 6 heteroatoms. The van der Waals surface area contributed by atoms with Crippen LogP contribution < -0.4 is 10.2 Å². The third-order valence-corrected chi connectivity index (χ3v) is 5.34. The number of nitrogens with one attached hydrogen (secondary N) is 1. The minimum atomic E-state index is -0.365. The van der Waals surface area contributed by atoms with Crippen molar-refractivity contribution in [1.82, 2.24) is 10.2 Å². The molecule has 0 spiro atoms. The standard InChI is InChI=1S/C23H28FN3O2/c1-26(21-8-3-2-4-9-21)15-6-14-25-22(28)19-7-5-16-27(17-19)23(29)18-10-12-20(24)13-11-18/h2-4,8-13,19H,5-7,14-17H2,1H3,(H,25,28). The summed E-state index contributed by atoms with van der Waals surface area (Å²) in [7, 11) is 2.04. The second-order valence-corrected chi connectivity index (χ2v) is 7.50. The average molecular weight is 397 g/mol. The van der Waals surface area contributed by atoms with Crippen LogP contribution in [0.1, 0.15) is 29.6 Å². The Bertz CT molecular complexity index is 811. The monoisotopic (exact) mass is 397 g/mol. The van der Waals surface area contributed by atoms with Crippen molar-refractivity contribution in [3.05, 3.63) is 66.0 Å². The Balaban J connectivity index is 1.43. The highest BCUT2D eigenvalue weighted by Gasteiger charge is 2.28. The zero-order valence-electron chi connectivity index (χ0n) is 16.8. The smallest absolute Gasteiger partial charge is 0.253 e. The highest BCUT2D eigenvalue weighted by molar-refractivity contribution is 5.94. The van der Waals surface area contributed by atoms with Gasteiger partial charge < -0.3 is 15.1 Å². The number of hydrogen-bond donors (Lipinski definition) is 1. The van der Waals surface area contributed by atoms with Crippen molar-refractivity contribution in [3.63, 3.8) is 0 Å². The molecule has 2 aromatic carbocycles. The zero-order chi connectivity index (χ0) is 20.6. The molecule has 1 aliphatic heterocycles. The number of para-hydroxylation sites is 1. The van der Waals surface area contributed by atoms with E-state index in [1.807, 2.05) is 25.2 Å². The Kier molecular flexibility index (Phi) is 7.22. The number of piperidine rings is 1. The molecular formula is C23H28FN3O2. The number of benzene rings is 2. The fraction of sp³-hybridized carbons (Fsp3) is 0.391. The summed E-state index contributed by atoms with van der Waals surface area (Å²) in [5.74, 6) is -0.702. The van der Waals surface area contributed by atoms with Gasteiger partial charge in [0.15, 0.2) is 0 Å². The maximum absolute atomic E-state index is 13.1. The van der Waals surface area contributed by atoms with Crippen LogP contribution in [0.2, 0.25) is 0 Å². The third-order valence-electron chi connectivity index (χ3n) is 5.34. The number of amides is 2. The van der Waals surface area contributed by atoms with E-state index in [0.29, 0.717) is 25.2 Å². The fourth-order valence-electron chi connectivity index (χ4n) is 3.63. The van der Waals surface area contributed by atoms with Crippen LogP contribution in [0.25, 0.3) is 0 Å². The lowest BCUT2D eigenvalue weighted by molar-refractivity contribution is -0.126. The summed E-state index contributed by atoms with van der Waals surface area (Å²) in [6.07, 6.45) is 2.42. The van der Waals surface area contributed by atoms with E-state index < -0.39 is 0 Å². The molecule has 1 unspecified atom stereocenters. The van der Waals surface area contributed by atoms with Crippen LogP contribution in [0.3, 0.4) is 0 Å². The van der Waals surface area contributed by atoms with E-state index >= 15 is 0 Å². The minimum Gasteiger partial charge on any atom is -0.375 e. The zero-order valence-corrected chi connectivity index (χ0v) is 16.8. The lowest BCUT2D eigenvalue weighted by atomic mass is 9.96. The van der Waals surface area contributed by atoms with E-state index in [9.17, 15) is 14.0 Å². The van der Waals surface area contributed by atoms with Crippen molar-refractivity contribution < 1.29 is 14.0 Å². The van der Waals surface area contributed by atoms with Crippen LogP contribution in [0, 0.1) is 11.7 Å². The molecule has 29 heavy (non-hydrogen) atoms. The predicted octanol–water partition coefficient (Wildman–Crippen LogP) is 3.32. The Morgan fingerprint density at radius 3 is 2.59 bits per heavy atom. The van der Waals surface area contributed by atoms with Crippen molar-refractivity contribution >= 4 is 17.5 Å². The molecule has 0 aliphatic carbocycles. The molecule has 0 bridgehead atoms. The first-order valence-corrected chi connectivity index (χ1v) is 10.1. The maximum Gasteiger partial charge on any atom is 0.253 e. The van der Waals surface area contributed by atoms with Gasteiger partial charge in [0.2, 0.25) is 5.91 Å². The van der Waals surface area contributed by atoms with Gasteiger partial charge in [-0.25, -0.2) is 4.39 Å². The molecule has 1 fully saturated rings. The van der Waals surface area contributed by atoms with Gasteiger partial charge in [-0.1, -0.05) is 18.2 Å². The number of carbonyl (C=O) groups is 2. The van der Waals surface area contributed by atoms with Crippen molar-refractivity contribution in [2.75, 3.05) is 38.1 Å². The predicted molar refractivity (Wildman–Crippen MR) is 112 cm³/mol. The Hall–Kier alpha value is -2.89. The Labute approximate surface area is 171 Å². The summed E-state index contributed by atoms with van der Waals surface area (Å²) >= 11 is 0. The molecule has 5 nitrogen and oxygen atoms in total. The number of halogens is 1. The molecule has 3 rings (SSSR count). The Morgan fingerprint density at radius 1 is 1.14 bits per heavy atom. The number of anilines is 1.